The van der Waals surface area contributed by atoms with Gasteiger partial charge in [0.25, 0.3) is 0 Å². The Labute approximate surface area is 163 Å². The van der Waals surface area contributed by atoms with Crippen LogP contribution in [-0.2, 0) is 9.59 Å². The average molecular weight is 377 g/mol. The highest BCUT2D eigenvalue weighted by Gasteiger charge is 2.52. The molecule has 5 nitrogen and oxygen atoms in total. The fraction of sp³-hybridized carbons (Fsp3) is 0.348. The third-order valence-corrected chi connectivity index (χ3v) is 5.93. The van der Waals surface area contributed by atoms with Crippen molar-refractivity contribution in [2.45, 2.75) is 39.7 Å². The summed E-state index contributed by atoms with van der Waals surface area (Å²) in [5.74, 6) is -1.56. The third-order valence-electron chi connectivity index (χ3n) is 5.93. The molecule has 0 fully saturated rings. The first kappa shape index (κ1) is 18.4. The van der Waals surface area contributed by atoms with Gasteiger partial charge in [0.1, 0.15) is 5.76 Å². The van der Waals surface area contributed by atoms with Gasteiger partial charge in [-0.25, -0.2) is 0 Å². The van der Waals surface area contributed by atoms with Gasteiger partial charge in [-0.15, -0.1) is 0 Å². The van der Waals surface area contributed by atoms with E-state index in [0.29, 0.717) is 16.9 Å². The van der Waals surface area contributed by atoms with Gasteiger partial charge in [0.2, 0.25) is 17.5 Å². The number of carbonyl (C=O) groups is 3. The van der Waals surface area contributed by atoms with Gasteiger partial charge in [-0.2, -0.15) is 0 Å². The number of fused-ring (bicyclic) bond motifs is 3. The fourth-order valence-corrected chi connectivity index (χ4v) is 4.65. The van der Waals surface area contributed by atoms with E-state index >= 15 is 0 Å². The van der Waals surface area contributed by atoms with E-state index in [1.54, 1.807) is 6.26 Å². The van der Waals surface area contributed by atoms with Crippen LogP contribution in [0.15, 0.2) is 46.6 Å². The van der Waals surface area contributed by atoms with Crippen LogP contribution in [0, 0.1) is 18.8 Å². The molecule has 28 heavy (non-hydrogen) atoms. The summed E-state index contributed by atoms with van der Waals surface area (Å²) < 4.78 is 5.90. The van der Waals surface area contributed by atoms with Crippen LogP contribution < -0.4 is 5.32 Å². The molecule has 0 aliphatic heterocycles. The molecule has 0 saturated carbocycles. The van der Waals surface area contributed by atoms with Crippen molar-refractivity contribution in [3.05, 3.63) is 59.1 Å². The summed E-state index contributed by atoms with van der Waals surface area (Å²) in [5, 5.41) is 2.86. The molecule has 1 heterocycles. The molecule has 0 bridgehead atoms. The van der Waals surface area contributed by atoms with Gasteiger partial charge in [-0.1, -0.05) is 48.4 Å². The summed E-state index contributed by atoms with van der Waals surface area (Å²) in [7, 11) is 0. The minimum Gasteiger partial charge on any atom is -0.468 e. The summed E-state index contributed by atoms with van der Waals surface area (Å²) in [6.45, 7) is 7.32. The van der Waals surface area contributed by atoms with Crippen LogP contribution in [0.25, 0.3) is 11.1 Å². The molecule has 2 aliphatic carbocycles. The maximum absolute atomic E-state index is 13.2. The molecule has 4 atom stereocenters. The number of ketones is 2. The second-order valence-electron chi connectivity index (χ2n) is 7.95. The molecule has 4 unspecified atom stereocenters. The van der Waals surface area contributed by atoms with Crippen molar-refractivity contribution in [1.29, 1.82) is 0 Å². The van der Waals surface area contributed by atoms with Crippen LogP contribution in [0.1, 0.15) is 48.4 Å². The number of amides is 1. The van der Waals surface area contributed by atoms with Crippen LogP contribution in [0.3, 0.4) is 0 Å². The molecule has 0 saturated heterocycles. The number of carbonyl (C=O) groups excluding carboxylic acids is 3. The van der Waals surface area contributed by atoms with E-state index in [1.807, 2.05) is 45.0 Å². The number of aryl methyl sites for hydroxylation is 1. The molecule has 4 rings (SSSR count). The SMILES string of the molecule is CC(=O)NC1C(C)=CC(C)C2c3occ(-c4ccc(C)cc4)c3C(=O)C(=O)C12. The Bertz CT molecular complexity index is 1010. The second kappa shape index (κ2) is 6.59. The predicted octanol–water partition coefficient (Wildman–Crippen LogP) is 3.82. The Kier molecular flexibility index (Phi) is 4.33. The highest BCUT2D eigenvalue weighted by atomic mass is 16.3. The standard InChI is InChI=1S/C23H23NO4/c1-11-5-7-15(8-6-11)16-10-28-23-17-12(2)9-13(3)20(24-14(4)25)19(17)22(27)21(26)18(16)23/h5-10,12,17,19-20H,1-4H3,(H,24,25). The van der Waals surface area contributed by atoms with Crippen molar-refractivity contribution in [1.82, 2.24) is 5.32 Å². The monoisotopic (exact) mass is 377 g/mol. The molecule has 0 radical (unpaired) electrons. The summed E-state index contributed by atoms with van der Waals surface area (Å²) in [4.78, 5) is 38.0. The first-order valence-corrected chi connectivity index (χ1v) is 9.52. The van der Waals surface area contributed by atoms with Crippen molar-refractivity contribution in [2.24, 2.45) is 11.8 Å². The van der Waals surface area contributed by atoms with Crippen LogP contribution >= 0.6 is 0 Å². The zero-order valence-electron chi connectivity index (χ0n) is 16.4. The Hall–Kier alpha value is -2.95. The molecule has 1 amide bonds. The van der Waals surface area contributed by atoms with Crippen LogP contribution in [0.2, 0.25) is 0 Å². The zero-order chi connectivity index (χ0) is 20.2. The highest BCUT2D eigenvalue weighted by Crippen LogP contribution is 2.48. The normalized spacial score (nSPS) is 26.4. The van der Waals surface area contributed by atoms with Gasteiger partial charge in [0.15, 0.2) is 0 Å². The smallest absolute Gasteiger partial charge is 0.233 e. The lowest BCUT2D eigenvalue weighted by Gasteiger charge is -2.41. The van der Waals surface area contributed by atoms with Crippen molar-refractivity contribution in [2.75, 3.05) is 0 Å². The van der Waals surface area contributed by atoms with Gasteiger partial charge in [0.05, 0.1) is 23.8 Å². The maximum atomic E-state index is 13.2. The van der Waals surface area contributed by atoms with E-state index in [-0.39, 0.29) is 17.7 Å². The highest BCUT2D eigenvalue weighted by molar-refractivity contribution is 6.47. The molecule has 1 N–H and O–H groups in total. The van der Waals surface area contributed by atoms with Crippen LogP contribution in [-0.4, -0.2) is 23.5 Å². The van der Waals surface area contributed by atoms with E-state index in [2.05, 4.69) is 11.4 Å². The number of nitrogens with one attached hydrogen (secondary N) is 1. The summed E-state index contributed by atoms with van der Waals surface area (Å²) in [6.07, 6.45) is 3.64. The topological polar surface area (TPSA) is 76.4 Å². The fourth-order valence-electron chi connectivity index (χ4n) is 4.65. The molecular weight excluding hydrogens is 354 g/mol. The molecular formula is C23H23NO4. The summed E-state index contributed by atoms with van der Waals surface area (Å²) >= 11 is 0. The Morgan fingerprint density at radius 1 is 1.07 bits per heavy atom. The Morgan fingerprint density at radius 2 is 1.75 bits per heavy atom. The van der Waals surface area contributed by atoms with Gasteiger partial charge >= 0.3 is 0 Å². The number of Topliss-reactive ketones (excluding diaryl/α,β-unsaturated/α-hetero) is 2. The minimum atomic E-state index is -0.638. The third kappa shape index (κ3) is 2.73. The molecule has 144 valence electrons. The molecule has 2 aromatic rings. The Morgan fingerprint density at radius 3 is 2.39 bits per heavy atom. The molecule has 1 aromatic carbocycles. The van der Waals surface area contributed by atoms with Crippen molar-refractivity contribution in [3.8, 4) is 11.1 Å². The summed E-state index contributed by atoms with van der Waals surface area (Å²) in [6, 6.07) is 7.30. The van der Waals surface area contributed by atoms with Gasteiger partial charge in [0, 0.05) is 18.4 Å². The number of hydrogen-bond acceptors (Lipinski definition) is 4. The van der Waals surface area contributed by atoms with Crippen LogP contribution in [0.4, 0.5) is 0 Å². The number of rotatable bonds is 2. The van der Waals surface area contributed by atoms with E-state index < -0.39 is 23.5 Å². The van der Waals surface area contributed by atoms with E-state index in [9.17, 15) is 14.4 Å². The van der Waals surface area contributed by atoms with Crippen LogP contribution in [0.5, 0.6) is 0 Å². The predicted molar refractivity (Wildman–Crippen MR) is 105 cm³/mol. The van der Waals surface area contributed by atoms with Gasteiger partial charge in [-0.3, -0.25) is 14.4 Å². The molecule has 2 aliphatic rings. The van der Waals surface area contributed by atoms with Crippen molar-refractivity contribution < 1.29 is 18.8 Å². The van der Waals surface area contributed by atoms with Crippen molar-refractivity contribution in [3.63, 3.8) is 0 Å². The Balaban J connectivity index is 1.86. The van der Waals surface area contributed by atoms with Gasteiger partial charge < -0.3 is 9.73 Å². The minimum absolute atomic E-state index is 0.0165. The van der Waals surface area contributed by atoms with E-state index in [0.717, 1.165) is 16.7 Å². The largest absolute Gasteiger partial charge is 0.468 e. The van der Waals surface area contributed by atoms with Gasteiger partial charge in [-0.05, 0) is 25.3 Å². The average Bonchev–Trinajstić information content (AvgIpc) is 3.07. The lowest BCUT2D eigenvalue weighted by atomic mass is 9.63. The van der Waals surface area contributed by atoms with E-state index in [1.165, 1.54) is 6.92 Å². The molecule has 0 spiro atoms. The maximum Gasteiger partial charge on any atom is 0.233 e. The lowest BCUT2D eigenvalue weighted by Crippen LogP contribution is -2.52. The molecule has 5 heteroatoms. The van der Waals surface area contributed by atoms with Crippen molar-refractivity contribution >= 4 is 17.5 Å². The quantitative estimate of drug-likeness (QED) is 0.638. The first-order valence-electron chi connectivity index (χ1n) is 9.52. The zero-order valence-corrected chi connectivity index (χ0v) is 16.4. The summed E-state index contributed by atoms with van der Waals surface area (Å²) in [5.41, 5.74) is 3.89. The lowest BCUT2D eigenvalue weighted by molar-refractivity contribution is -0.123. The first-order chi connectivity index (χ1) is 13.3. The number of furan rings is 1. The number of allylic oxidation sites excluding steroid dienone is 1. The molecule has 1 aromatic heterocycles. The number of hydrogen-bond donors (Lipinski definition) is 1. The number of benzene rings is 1. The van der Waals surface area contributed by atoms with E-state index in [4.69, 9.17) is 4.42 Å². The second-order valence-corrected chi connectivity index (χ2v) is 7.95.